The van der Waals surface area contributed by atoms with Crippen molar-refractivity contribution >= 4 is 52.0 Å². The van der Waals surface area contributed by atoms with Crippen molar-refractivity contribution in [2.45, 2.75) is 32.6 Å². The molecule has 12 heteroatoms. The molecule has 8 nitrogen and oxygen atoms in total. The number of carbonyl (C=O) groups excluding carboxylic acids is 3. The second-order valence-corrected chi connectivity index (χ2v) is 10.3. The smallest absolute Gasteiger partial charge is 0.289 e. The highest BCUT2D eigenvalue weighted by atomic mass is 35.5. The van der Waals surface area contributed by atoms with Crippen molar-refractivity contribution in [3.8, 4) is 0 Å². The zero-order chi connectivity index (χ0) is 24.4. The molecular formula is C22H21ClFN5O3S2. The van der Waals surface area contributed by atoms with Crippen LogP contribution >= 0.6 is 34.3 Å². The number of piperidine rings is 1. The number of nitrogens with zero attached hydrogens (tertiary/aromatic N) is 3. The molecule has 0 atom stereocenters. The minimum Gasteiger partial charge on any atom is -0.338 e. The van der Waals surface area contributed by atoms with Gasteiger partial charge >= 0.3 is 0 Å². The number of aryl methyl sites for hydroxylation is 2. The minimum absolute atomic E-state index is 0.0732. The van der Waals surface area contributed by atoms with E-state index in [4.69, 9.17) is 11.6 Å². The van der Waals surface area contributed by atoms with E-state index in [1.807, 2.05) is 0 Å². The molecule has 3 amide bonds. The number of benzene rings is 1. The number of hydrogen-bond donors (Lipinski definition) is 2. The van der Waals surface area contributed by atoms with Crippen molar-refractivity contribution in [3.05, 3.63) is 66.3 Å². The van der Waals surface area contributed by atoms with Crippen LogP contribution in [-0.2, 0) is 0 Å². The van der Waals surface area contributed by atoms with E-state index in [0.717, 1.165) is 10.0 Å². The van der Waals surface area contributed by atoms with Crippen LogP contribution in [0.15, 0.2) is 23.6 Å². The third-order valence-corrected chi connectivity index (χ3v) is 7.86. The number of nitrogens with one attached hydrogen (secondary N) is 2. The predicted octanol–water partition coefficient (Wildman–Crippen LogP) is 4.10. The summed E-state index contributed by atoms with van der Waals surface area (Å²) in [6.45, 7) is 4.40. The summed E-state index contributed by atoms with van der Waals surface area (Å²) in [5.41, 5.74) is 5.48. The largest absolute Gasteiger partial charge is 0.338 e. The molecule has 0 unspecified atom stereocenters. The quantitative estimate of drug-likeness (QED) is 0.503. The molecule has 0 bridgehead atoms. The summed E-state index contributed by atoms with van der Waals surface area (Å²) < 4.78 is 14.1. The van der Waals surface area contributed by atoms with Crippen LogP contribution in [0.3, 0.4) is 0 Å². The van der Waals surface area contributed by atoms with Crippen LogP contribution < -0.4 is 10.9 Å². The maximum atomic E-state index is 14.1. The highest BCUT2D eigenvalue weighted by Gasteiger charge is 2.29. The van der Waals surface area contributed by atoms with E-state index in [1.165, 1.54) is 40.9 Å². The number of hydrazine groups is 1. The van der Waals surface area contributed by atoms with Crippen LogP contribution in [0.4, 0.5) is 4.39 Å². The Balaban J connectivity index is 1.32. The number of aromatic nitrogens is 2. The number of likely N-dealkylation sites (tertiary alicyclic amines) is 1. The Morgan fingerprint density at radius 2 is 1.82 bits per heavy atom. The van der Waals surface area contributed by atoms with Gasteiger partial charge in [-0.2, -0.15) is 0 Å². The predicted molar refractivity (Wildman–Crippen MR) is 128 cm³/mol. The maximum Gasteiger partial charge on any atom is 0.289 e. The summed E-state index contributed by atoms with van der Waals surface area (Å²) in [7, 11) is 0. The minimum atomic E-state index is -0.636. The van der Waals surface area contributed by atoms with Crippen molar-refractivity contribution < 1.29 is 18.8 Å². The van der Waals surface area contributed by atoms with E-state index in [9.17, 15) is 18.8 Å². The van der Waals surface area contributed by atoms with Crippen molar-refractivity contribution in [2.75, 3.05) is 13.1 Å². The molecule has 178 valence electrons. The summed E-state index contributed by atoms with van der Waals surface area (Å²) in [6, 6.07) is 4.17. The van der Waals surface area contributed by atoms with Crippen LogP contribution in [0.5, 0.6) is 0 Å². The van der Waals surface area contributed by atoms with E-state index < -0.39 is 23.5 Å². The van der Waals surface area contributed by atoms with Crippen molar-refractivity contribution in [1.29, 1.82) is 0 Å². The lowest BCUT2D eigenvalue weighted by atomic mass is 9.97. The first-order chi connectivity index (χ1) is 16.2. The van der Waals surface area contributed by atoms with Gasteiger partial charge in [-0.1, -0.05) is 17.7 Å². The van der Waals surface area contributed by atoms with Crippen LogP contribution in [0.1, 0.15) is 65.0 Å². The summed E-state index contributed by atoms with van der Waals surface area (Å²) >= 11 is 8.63. The molecule has 34 heavy (non-hydrogen) atoms. The number of carbonyl (C=O) groups is 3. The normalized spacial score (nSPS) is 14.2. The van der Waals surface area contributed by atoms with Crippen LogP contribution in [-0.4, -0.2) is 45.7 Å². The fraction of sp³-hybridized carbons (Fsp3) is 0.318. The van der Waals surface area contributed by atoms with Gasteiger partial charge in [0.25, 0.3) is 17.7 Å². The monoisotopic (exact) mass is 521 g/mol. The standard InChI is InChI=1S/C22H21ClFN5O3S2/c1-11-18(34-12(2)25-11)20(31)28-27-19(30)16-10-33-21(26-16)13-6-8-29(9-7-13)22(32)17-14(23)4-3-5-15(17)24/h3-5,10,13H,6-9H2,1-2H3,(H,27,30)(H,28,31). The van der Waals surface area contributed by atoms with E-state index in [-0.39, 0.29) is 22.2 Å². The molecule has 2 aromatic heterocycles. The first-order valence-corrected chi connectivity index (χ1v) is 12.6. The zero-order valence-corrected chi connectivity index (χ0v) is 20.7. The highest BCUT2D eigenvalue weighted by Crippen LogP contribution is 2.32. The second-order valence-electron chi connectivity index (χ2n) is 7.79. The van der Waals surface area contributed by atoms with Crippen molar-refractivity contribution in [2.24, 2.45) is 0 Å². The molecule has 1 fully saturated rings. The van der Waals surface area contributed by atoms with E-state index in [2.05, 4.69) is 20.8 Å². The lowest BCUT2D eigenvalue weighted by Gasteiger charge is -2.31. The first kappa shape index (κ1) is 24.2. The van der Waals surface area contributed by atoms with E-state index in [0.29, 0.717) is 36.5 Å². The average Bonchev–Trinajstić information content (AvgIpc) is 3.43. The van der Waals surface area contributed by atoms with Gasteiger partial charge in [-0.3, -0.25) is 25.2 Å². The molecule has 0 spiro atoms. The molecule has 1 aromatic carbocycles. The fourth-order valence-electron chi connectivity index (χ4n) is 3.75. The van der Waals surface area contributed by atoms with Gasteiger partial charge in [0.1, 0.15) is 16.4 Å². The Morgan fingerprint density at radius 1 is 1.12 bits per heavy atom. The number of rotatable bonds is 4. The Labute approximate surface area is 208 Å². The fourth-order valence-corrected chi connectivity index (χ4v) is 5.78. The molecular weight excluding hydrogens is 501 g/mol. The van der Waals surface area contributed by atoms with Crippen LogP contribution in [0.2, 0.25) is 5.02 Å². The summed E-state index contributed by atoms with van der Waals surface area (Å²) in [6.07, 6.45) is 1.26. The first-order valence-electron chi connectivity index (χ1n) is 10.5. The summed E-state index contributed by atoms with van der Waals surface area (Å²) in [4.78, 5) is 48.1. The highest BCUT2D eigenvalue weighted by molar-refractivity contribution is 7.13. The lowest BCUT2D eigenvalue weighted by molar-refractivity contribution is 0.0708. The number of amides is 3. The topological polar surface area (TPSA) is 104 Å². The Hall–Kier alpha value is -2.89. The molecule has 3 aromatic rings. The SMILES string of the molecule is Cc1nc(C)c(C(=O)NNC(=O)c2csc(C3CCN(C(=O)c4c(F)cccc4Cl)CC3)n2)s1. The average molecular weight is 522 g/mol. The second kappa shape index (κ2) is 10.2. The molecule has 1 saturated heterocycles. The van der Waals surface area contributed by atoms with Gasteiger partial charge in [0.15, 0.2) is 0 Å². The van der Waals surface area contributed by atoms with Gasteiger partial charge in [-0.05, 0) is 38.8 Å². The molecule has 2 N–H and O–H groups in total. The number of thiazole rings is 2. The molecule has 1 aliphatic rings. The van der Waals surface area contributed by atoms with Gasteiger partial charge in [0.05, 0.1) is 26.3 Å². The van der Waals surface area contributed by atoms with E-state index in [1.54, 1.807) is 24.1 Å². The number of hydrogen-bond acceptors (Lipinski definition) is 7. The summed E-state index contributed by atoms with van der Waals surface area (Å²) in [5.74, 6) is -1.94. The third-order valence-electron chi connectivity index (χ3n) is 5.46. The third kappa shape index (κ3) is 5.11. The molecule has 4 rings (SSSR count). The molecule has 3 heterocycles. The van der Waals surface area contributed by atoms with Gasteiger partial charge in [0.2, 0.25) is 0 Å². The zero-order valence-electron chi connectivity index (χ0n) is 18.4. The summed E-state index contributed by atoms with van der Waals surface area (Å²) in [5, 5.41) is 3.27. The van der Waals surface area contributed by atoms with Gasteiger partial charge < -0.3 is 4.90 Å². The molecule has 0 saturated carbocycles. The Bertz CT molecular complexity index is 1230. The van der Waals surface area contributed by atoms with Gasteiger partial charge in [-0.25, -0.2) is 14.4 Å². The Morgan fingerprint density at radius 3 is 2.47 bits per heavy atom. The van der Waals surface area contributed by atoms with Gasteiger partial charge in [-0.15, -0.1) is 22.7 Å². The van der Waals surface area contributed by atoms with Crippen molar-refractivity contribution in [1.82, 2.24) is 25.7 Å². The van der Waals surface area contributed by atoms with E-state index >= 15 is 0 Å². The van der Waals surface area contributed by atoms with Crippen LogP contribution in [0.25, 0.3) is 0 Å². The molecule has 0 radical (unpaired) electrons. The maximum absolute atomic E-state index is 14.1. The number of halogens is 2. The molecule has 0 aliphatic carbocycles. The van der Waals surface area contributed by atoms with Crippen LogP contribution in [0, 0.1) is 19.7 Å². The Kier molecular flexibility index (Phi) is 7.24. The van der Waals surface area contributed by atoms with Gasteiger partial charge in [0, 0.05) is 24.4 Å². The lowest BCUT2D eigenvalue weighted by Crippen LogP contribution is -2.41. The van der Waals surface area contributed by atoms with Crippen molar-refractivity contribution in [3.63, 3.8) is 0 Å². The molecule has 1 aliphatic heterocycles.